The Kier molecular flexibility index (Phi) is 3.73. The first-order chi connectivity index (χ1) is 8.54. The van der Waals surface area contributed by atoms with Gasteiger partial charge in [0, 0.05) is 23.3 Å². The first-order valence-electron chi connectivity index (χ1n) is 5.97. The predicted octanol–water partition coefficient (Wildman–Crippen LogP) is 3.00. The lowest BCUT2D eigenvalue weighted by Gasteiger charge is -2.18. The van der Waals surface area contributed by atoms with Crippen LogP contribution in [0.1, 0.15) is 28.6 Å². The molecule has 0 aliphatic carbocycles. The van der Waals surface area contributed by atoms with E-state index in [1.807, 2.05) is 43.9 Å². The van der Waals surface area contributed by atoms with Gasteiger partial charge in [-0.25, -0.2) is 0 Å². The summed E-state index contributed by atoms with van der Waals surface area (Å²) in [5.41, 5.74) is 4.60. The molecule has 0 radical (unpaired) electrons. The largest absolute Gasteiger partial charge is 0.309 e. The summed E-state index contributed by atoms with van der Waals surface area (Å²) in [5.74, 6) is 0. The molecule has 0 spiro atoms. The highest BCUT2D eigenvalue weighted by Gasteiger charge is 2.20. The highest BCUT2D eigenvalue weighted by Crippen LogP contribution is 2.28. The van der Waals surface area contributed by atoms with E-state index in [4.69, 9.17) is 11.6 Å². The van der Waals surface area contributed by atoms with Crippen molar-refractivity contribution in [2.24, 2.45) is 7.05 Å². The minimum atomic E-state index is 0.123. The average Bonchev–Trinajstić information content (AvgIpc) is 2.57. The molecule has 1 aromatic carbocycles. The number of aryl methyl sites for hydroxylation is 2. The second-order valence-electron chi connectivity index (χ2n) is 4.48. The molecule has 18 heavy (non-hydrogen) atoms. The molecular weight excluding hydrogens is 246 g/mol. The van der Waals surface area contributed by atoms with E-state index in [0.717, 1.165) is 16.3 Å². The summed E-state index contributed by atoms with van der Waals surface area (Å²) in [5, 5.41) is 8.57. The second-order valence-corrected chi connectivity index (χ2v) is 4.92. The summed E-state index contributed by atoms with van der Waals surface area (Å²) < 4.78 is 1.92. The van der Waals surface area contributed by atoms with E-state index in [1.54, 1.807) is 0 Å². The lowest BCUT2D eigenvalue weighted by Crippen LogP contribution is -2.19. The number of benzene rings is 1. The van der Waals surface area contributed by atoms with Crippen molar-refractivity contribution in [1.29, 1.82) is 0 Å². The Morgan fingerprint density at radius 1 is 1.33 bits per heavy atom. The number of rotatable bonds is 3. The van der Waals surface area contributed by atoms with Crippen LogP contribution in [-0.2, 0) is 7.05 Å². The summed E-state index contributed by atoms with van der Waals surface area (Å²) in [7, 11) is 3.92. The van der Waals surface area contributed by atoms with Gasteiger partial charge in [-0.05, 0) is 38.6 Å². The van der Waals surface area contributed by atoms with Crippen LogP contribution in [0.15, 0.2) is 24.3 Å². The fourth-order valence-electron chi connectivity index (χ4n) is 2.37. The van der Waals surface area contributed by atoms with Crippen molar-refractivity contribution in [3.63, 3.8) is 0 Å². The zero-order valence-electron chi connectivity index (χ0n) is 11.2. The van der Waals surface area contributed by atoms with Crippen LogP contribution < -0.4 is 5.32 Å². The quantitative estimate of drug-likeness (QED) is 0.923. The highest BCUT2D eigenvalue weighted by molar-refractivity contribution is 6.30. The number of nitrogens with one attached hydrogen (secondary N) is 1. The molecule has 0 aliphatic heterocycles. The smallest absolute Gasteiger partial charge is 0.0647 e. The highest BCUT2D eigenvalue weighted by atomic mass is 35.5. The van der Waals surface area contributed by atoms with Crippen molar-refractivity contribution < 1.29 is 0 Å². The fraction of sp³-hybridized carbons (Fsp3) is 0.357. The van der Waals surface area contributed by atoms with E-state index in [0.29, 0.717) is 0 Å². The number of hydrogen-bond donors (Lipinski definition) is 1. The molecule has 0 fully saturated rings. The van der Waals surface area contributed by atoms with Crippen LogP contribution in [0.5, 0.6) is 0 Å². The summed E-state index contributed by atoms with van der Waals surface area (Å²) in [6.45, 7) is 4.13. The van der Waals surface area contributed by atoms with Gasteiger partial charge in [0.1, 0.15) is 0 Å². The molecular formula is C14H18ClN3. The molecule has 2 rings (SSSR count). The minimum absolute atomic E-state index is 0.123. The SMILES string of the molecule is CNC(c1cccc(Cl)c1)c1c(C)nn(C)c1C. The molecule has 1 heterocycles. The van der Waals surface area contributed by atoms with Gasteiger partial charge < -0.3 is 5.32 Å². The molecule has 1 aromatic heterocycles. The molecule has 2 aromatic rings. The van der Waals surface area contributed by atoms with Crippen molar-refractivity contribution in [3.05, 3.63) is 51.8 Å². The predicted molar refractivity (Wildman–Crippen MR) is 75.0 cm³/mol. The zero-order valence-corrected chi connectivity index (χ0v) is 11.9. The third-order valence-corrected chi connectivity index (χ3v) is 3.56. The summed E-state index contributed by atoms with van der Waals surface area (Å²) in [4.78, 5) is 0. The molecule has 0 bridgehead atoms. The van der Waals surface area contributed by atoms with E-state index < -0.39 is 0 Å². The van der Waals surface area contributed by atoms with Gasteiger partial charge in [0.15, 0.2) is 0 Å². The number of hydrogen-bond acceptors (Lipinski definition) is 2. The van der Waals surface area contributed by atoms with Crippen molar-refractivity contribution in [3.8, 4) is 0 Å². The van der Waals surface area contributed by atoms with Crippen LogP contribution in [0.2, 0.25) is 5.02 Å². The van der Waals surface area contributed by atoms with E-state index in [-0.39, 0.29) is 6.04 Å². The first kappa shape index (κ1) is 13.1. The monoisotopic (exact) mass is 263 g/mol. The Balaban J connectivity index is 2.52. The zero-order chi connectivity index (χ0) is 13.3. The van der Waals surface area contributed by atoms with Gasteiger partial charge in [-0.3, -0.25) is 4.68 Å². The van der Waals surface area contributed by atoms with E-state index in [1.165, 1.54) is 11.3 Å². The molecule has 1 unspecified atom stereocenters. The van der Waals surface area contributed by atoms with Crippen LogP contribution in [0.25, 0.3) is 0 Å². The average molecular weight is 264 g/mol. The lowest BCUT2D eigenvalue weighted by atomic mass is 9.97. The van der Waals surface area contributed by atoms with E-state index in [2.05, 4.69) is 23.4 Å². The molecule has 96 valence electrons. The van der Waals surface area contributed by atoms with Gasteiger partial charge in [-0.2, -0.15) is 5.10 Å². The second kappa shape index (κ2) is 5.12. The molecule has 0 aliphatic rings. The number of halogens is 1. The fourth-order valence-corrected chi connectivity index (χ4v) is 2.57. The molecule has 0 saturated heterocycles. The topological polar surface area (TPSA) is 29.9 Å². The normalized spacial score (nSPS) is 12.7. The third-order valence-electron chi connectivity index (χ3n) is 3.32. The summed E-state index contributed by atoms with van der Waals surface area (Å²) in [6, 6.07) is 8.06. The Morgan fingerprint density at radius 2 is 2.06 bits per heavy atom. The van der Waals surface area contributed by atoms with Crippen LogP contribution in [0.3, 0.4) is 0 Å². The maximum Gasteiger partial charge on any atom is 0.0647 e. The lowest BCUT2D eigenvalue weighted by molar-refractivity contribution is 0.678. The van der Waals surface area contributed by atoms with Gasteiger partial charge in [-0.1, -0.05) is 23.7 Å². The van der Waals surface area contributed by atoms with Crippen molar-refractivity contribution >= 4 is 11.6 Å². The molecule has 1 atom stereocenters. The standard InChI is InChI=1S/C14H18ClN3/c1-9-13(10(2)18(4)17-9)14(16-3)11-6-5-7-12(15)8-11/h5-8,14,16H,1-4H3. The molecule has 4 heteroatoms. The van der Waals surface area contributed by atoms with Gasteiger partial charge in [0.2, 0.25) is 0 Å². The maximum absolute atomic E-state index is 6.07. The minimum Gasteiger partial charge on any atom is -0.309 e. The van der Waals surface area contributed by atoms with Crippen LogP contribution in [0, 0.1) is 13.8 Å². The Morgan fingerprint density at radius 3 is 2.56 bits per heavy atom. The third kappa shape index (κ3) is 2.28. The van der Waals surface area contributed by atoms with Crippen LogP contribution in [-0.4, -0.2) is 16.8 Å². The summed E-state index contributed by atoms with van der Waals surface area (Å²) in [6.07, 6.45) is 0. The van der Waals surface area contributed by atoms with Gasteiger partial charge in [-0.15, -0.1) is 0 Å². The molecule has 0 saturated carbocycles. The maximum atomic E-state index is 6.07. The van der Waals surface area contributed by atoms with E-state index >= 15 is 0 Å². The van der Waals surface area contributed by atoms with Gasteiger partial charge in [0.25, 0.3) is 0 Å². The number of nitrogens with zero attached hydrogens (tertiary/aromatic N) is 2. The Labute approximate surface area is 113 Å². The first-order valence-corrected chi connectivity index (χ1v) is 6.35. The Bertz CT molecular complexity index is 560. The number of aromatic nitrogens is 2. The summed E-state index contributed by atoms with van der Waals surface area (Å²) >= 11 is 6.07. The molecule has 1 N–H and O–H groups in total. The molecule has 0 amide bonds. The van der Waals surface area contributed by atoms with Crippen LogP contribution >= 0.6 is 11.6 Å². The molecule has 3 nitrogen and oxygen atoms in total. The Hall–Kier alpha value is -1.32. The van der Waals surface area contributed by atoms with Crippen molar-refractivity contribution in [2.75, 3.05) is 7.05 Å². The van der Waals surface area contributed by atoms with Crippen molar-refractivity contribution in [2.45, 2.75) is 19.9 Å². The van der Waals surface area contributed by atoms with Crippen molar-refractivity contribution in [1.82, 2.24) is 15.1 Å². The van der Waals surface area contributed by atoms with Crippen LogP contribution in [0.4, 0.5) is 0 Å². The van der Waals surface area contributed by atoms with E-state index in [9.17, 15) is 0 Å². The van der Waals surface area contributed by atoms with Gasteiger partial charge >= 0.3 is 0 Å². The van der Waals surface area contributed by atoms with Gasteiger partial charge in [0.05, 0.1) is 11.7 Å².